The summed E-state index contributed by atoms with van der Waals surface area (Å²) in [6.45, 7) is 6.12. The van der Waals surface area contributed by atoms with E-state index >= 15 is 0 Å². The van der Waals surface area contributed by atoms with Gasteiger partial charge >= 0.3 is 6.18 Å². The third-order valence-electron chi connectivity index (χ3n) is 5.99. The number of rotatable bonds is 5. The van der Waals surface area contributed by atoms with E-state index in [1.807, 2.05) is 31.2 Å². The number of alkyl halides is 3. The van der Waals surface area contributed by atoms with Gasteiger partial charge in [-0.15, -0.1) is 0 Å². The minimum absolute atomic E-state index is 0.0984. The van der Waals surface area contributed by atoms with Crippen molar-refractivity contribution in [3.63, 3.8) is 0 Å². The highest BCUT2D eigenvalue weighted by Gasteiger charge is 2.37. The van der Waals surface area contributed by atoms with E-state index in [0.29, 0.717) is 11.4 Å². The molecule has 4 aromatic rings. The molecular weight excluding hydrogens is 431 g/mol. The summed E-state index contributed by atoms with van der Waals surface area (Å²) >= 11 is 0. The summed E-state index contributed by atoms with van der Waals surface area (Å²) in [5, 5.41) is 4.18. The van der Waals surface area contributed by atoms with Crippen molar-refractivity contribution >= 4 is 5.95 Å². The van der Waals surface area contributed by atoms with Gasteiger partial charge in [-0.25, -0.2) is 9.97 Å². The molecule has 0 fully saturated rings. The molecular formula is C24H22F3N5O. The first-order valence-corrected chi connectivity index (χ1v) is 10.3. The molecule has 0 aliphatic heterocycles. The van der Waals surface area contributed by atoms with Crippen molar-refractivity contribution in [3.8, 4) is 22.6 Å². The van der Waals surface area contributed by atoms with Crippen LogP contribution in [-0.2, 0) is 11.6 Å². The van der Waals surface area contributed by atoms with Gasteiger partial charge in [-0.05, 0) is 48.2 Å². The molecule has 33 heavy (non-hydrogen) atoms. The van der Waals surface area contributed by atoms with Crippen molar-refractivity contribution in [1.29, 1.82) is 0 Å². The van der Waals surface area contributed by atoms with Crippen molar-refractivity contribution < 1.29 is 17.7 Å². The van der Waals surface area contributed by atoms with E-state index in [1.54, 1.807) is 12.4 Å². The molecule has 0 spiro atoms. The summed E-state index contributed by atoms with van der Waals surface area (Å²) < 4.78 is 44.0. The maximum atomic E-state index is 12.8. The lowest BCUT2D eigenvalue weighted by molar-refractivity contribution is -0.137. The van der Waals surface area contributed by atoms with E-state index in [1.165, 1.54) is 12.1 Å². The van der Waals surface area contributed by atoms with Crippen LogP contribution in [0, 0.1) is 5.92 Å². The fourth-order valence-electron chi connectivity index (χ4n) is 3.57. The van der Waals surface area contributed by atoms with Crippen molar-refractivity contribution in [2.75, 3.05) is 5.73 Å². The van der Waals surface area contributed by atoms with Gasteiger partial charge in [0, 0.05) is 23.5 Å². The normalized spacial score (nSPS) is 13.8. The molecule has 1 atom stereocenters. The number of halogens is 3. The molecule has 0 amide bonds. The van der Waals surface area contributed by atoms with Crippen LogP contribution in [0.25, 0.3) is 22.6 Å². The van der Waals surface area contributed by atoms with Gasteiger partial charge < -0.3 is 10.3 Å². The molecule has 170 valence electrons. The first kappa shape index (κ1) is 22.4. The number of aromatic nitrogens is 4. The highest BCUT2D eigenvalue weighted by atomic mass is 19.4. The van der Waals surface area contributed by atoms with Crippen molar-refractivity contribution in [2.45, 2.75) is 32.4 Å². The lowest BCUT2D eigenvalue weighted by atomic mass is 9.72. The Hall–Kier alpha value is -3.75. The minimum Gasteiger partial charge on any atom is -0.368 e. The number of hydrogen-bond acceptors (Lipinski definition) is 6. The largest absolute Gasteiger partial charge is 0.416 e. The molecule has 0 aliphatic rings. The number of hydrogen-bond donors (Lipinski definition) is 1. The van der Waals surface area contributed by atoms with Gasteiger partial charge in [0.1, 0.15) is 0 Å². The van der Waals surface area contributed by atoms with Gasteiger partial charge in [-0.1, -0.05) is 43.3 Å². The lowest BCUT2D eigenvalue weighted by Crippen LogP contribution is -2.31. The van der Waals surface area contributed by atoms with Crippen LogP contribution in [0.3, 0.4) is 0 Å². The number of nitrogen functional groups attached to an aromatic ring is 1. The van der Waals surface area contributed by atoms with Crippen LogP contribution in [0.2, 0.25) is 0 Å². The molecule has 2 N–H and O–H groups in total. The van der Waals surface area contributed by atoms with E-state index < -0.39 is 17.2 Å². The quantitative estimate of drug-likeness (QED) is 0.413. The van der Waals surface area contributed by atoms with E-state index in [9.17, 15) is 13.2 Å². The van der Waals surface area contributed by atoms with Crippen LogP contribution in [0.4, 0.5) is 19.1 Å². The molecule has 4 rings (SSSR count). The molecule has 1 unspecified atom stereocenters. The second-order valence-electron chi connectivity index (χ2n) is 8.26. The zero-order chi connectivity index (χ0) is 23.8. The second kappa shape index (κ2) is 8.31. The third-order valence-corrected chi connectivity index (χ3v) is 5.99. The number of nitrogens with zero attached hydrogens (tertiary/aromatic N) is 4. The standard InChI is InChI=1S/C24H22F3N5O/c1-14(2)23(3,18-8-4-15(5-9-18)17-12-29-22(28)30-13-17)21-31-20(33-32-21)16-6-10-19(11-7-16)24(25,26)27/h4-14H,1-3H3,(H2,28,29,30). The van der Waals surface area contributed by atoms with Crippen molar-refractivity contribution in [2.24, 2.45) is 5.92 Å². The average molecular weight is 453 g/mol. The SMILES string of the molecule is CC(C)C(C)(c1ccc(-c2cnc(N)nc2)cc1)c1noc(-c2ccc(C(F)(F)F)cc2)n1. The van der Waals surface area contributed by atoms with Crippen LogP contribution in [0.1, 0.15) is 37.7 Å². The first-order chi connectivity index (χ1) is 15.6. The van der Waals surface area contributed by atoms with Gasteiger partial charge in [-0.3, -0.25) is 0 Å². The van der Waals surface area contributed by atoms with Crippen molar-refractivity contribution in [3.05, 3.63) is 77.9 Å². The van der Waals surface area contributed by atoms with E-state index in [4.69, 9.17) is 10.3 Å². The average Bonchev–Trinajstić information content (AvgIpc) is 3.29. The number of nitrogens with two attached hydrogens (primary N) is 1. The summed E-state index contributed by atoms with van der Waals surface area (Å²) in [6, 6.07) is 12.6. The predicted octanol–water partition coefficient (Wildman–Crippen LogP) is 5.76. The van der Waals surface area contributed by atoms with Gasteiger partial charge in [-0.2, -0.15) is 18.2 Å². The Bertz CT molecular complexity index is 1230. The van der Waals surface area contributed by atoms with E-state index in [-0.39, 0.29) is 17.8 Å². The predicted molar refractivity (Wildman–Crippen MR) is 118 cm³/mol. The number of anilines is 1. The summed E-state index contributed by atoms with van der Waals surface area (Å²) in [5.74, 6) is 0.933. The molecule has 2 aromatic carbocycles. The fraction of sp³-hybridized carbons (Fsp3) is 0.250. The monoisotopic (exact) mass is 453 g/mol. The summed E-state index contributed by atoms with van der Waals surface area (Å²) in [7, 11) is 0. The molecule has 2 aromatic heterocycles. The topological polar surface area (TPSA) is 90.7 Å². The van der Waals surface area contributed by atoms with E-state index in [0.717, 1.165) is 28.8 Å². The fourth-order valence-corrected chi connectivity index (χ4v) is 3.57. The lowest BCUT2D eigenvalue weighted by Gasteiger charge is -2.31. The third kappa shape index (κ3) is 4.30. The first-order valence-electron chi connectivity index (χ1n) is 10.3. The maximum Gasteiger partial charge on any atom is 0.416 e. The highest BCUT2D eigenvalue weighted by Crippen LogP contribution is 2.39. The minimum atomic E-state index is -4.40. The van der Waals surface area contributed by atoms with Crippen molar-refractivity contribution in [1.82, 2.24) is 20.1 Å². The summed E-state index contributed by atoms with van der Waals surface area (Å²) in [4.78, 5) is 12.6. The van der Waals surface area contributed by atoms with Crippen LogP contribution in [0.15, 0.2) is 65.4 Å². The molecule has 0 bridgehead atoms. The van der Waals surface area contributed by atoms with Gasteiger partial charge in [0.15, 0.2) is 5.82 Å². The Morgan fingerprint density at radius 3 is 1.91 bits per heavy atom. The van der Waals surface area contributed by atoms with Crippen LogP contribution in [-0.4, -0.2) is 20.1 Å². The molecule has 2 heterocycles. The maximum absolute atomic E-state index is 12.8. The Balaban J connectivity index is 1.66. The number of benzene rings is 2. The second-order valence-corrected chi connectivity index (χ2v) is 8.26. The summed E-state index contributed by atoms with van der Waals surface area (Å²) in [6.07, 6.45) is -1.08. The molecule has 6 nitrogen and oxygen atoms in total. The Kier molecular flexibility index (Phi) is 5.65. The molecule has 0 saturated carbocycles. The van der Waals surface area contributed by atoms with Crippen LogP contribution in [0.5, 0.6) is 0 Å². The Labute approximate surface area is 188 Å². The zero-order valence-electron chi connectivity index (χ0n) is 18.3. The van der Waals surface area contributed by atoms with Gasteiger partial charge in [0.2, 0.25) is 5.95 Å². The van der Waals surface area contributed by atoms with E-state index in [2.05, 4.69) is 34.0 Å². The molecule has 0 saturated heterocycles. The van der Waals surface area contributed by atoms with Crippen LogP contribution >= 0.6 is 0 Å². The summed E-state index contributed by atoms with van der Waals surface area (Å²) in [5.41, 5.74) is 7.40. The van der Waals surface area contributed by atoms with Crippen LogP contribution < -0.4 is 5.73 Å². The van der Waals surface area contributed by atoms with Gasteiger partial charge in [0.05, 0.1) is 11.0 Å². The Morgan fingerprint density at radius 2 is 1.36 bits per heavy atom. The highest BCUT2D eigenvalue weighted by molar-refractivity contribution is 5.63. The molecule has 0 radical (unpaired) electrons. The smallest absolute Gasteiger partial charge is 0.368 e. The molecule has 9 heteroatoms. The molecule has 0 aliphatic carbocycles. The Morgan fingerprint density at radius 1 is 0.818 bits per heavy atom. The van der Waals surface area contributed by atoms with Gasteiger partial charge in [0.25, 0.3) is 5.89 Å². The zero-order valence-corrected chi connectivity index (χ0v) is 18.3.